The van der Waals surface area contributed by atoms with Crippen molar-refractivity contribution in [3.63, 3.8) is 0 Å². The first-order valence-electron chi connectivity index (χ1n) is 11.7. The van der Waals surface area contributed by atoms with Gasteiger partial charge in [-0.1, -0.05) is 12.8 Å². The number of amides is 4. The molecule has 0 aliphatic carbocycles. The molecule has 0 aromatic rings. The van der Waals surface area contributed by atoms with Crippen LogP contribution in [-0.2, 0) is 19.1 Å². The molecule has 2 aliphatic heterocycles. The van der Waals surface area contributed by atoms with E-state index in [1.807, 2.05) is 0 Å². The van der Waals surface area contributed by atoms with Gasteiger partial charge in [0.1, 0.15) is 17.7 Å². The van der Waals surface area contributed by atoms with Gasteiger partial charge >= 0.3 is 6.09 Å². The van der Waals surface area contributed by atoms with Gasteiger partial charge in [0.2, 0.25) is 17.7 Å². The van der Waals surface area contributed by atoms with Crippen LogP contribution in [0, 0.1) is 0 Å². The van der Waals surface area contributed by atoms with Gasteiger partial charge in [-0.15, -0.1) is 23.5 Å². The summed E-state index contributed by atoms with van der Waals surface area (Å²) in [6.07, 6.45) is 3.29. The molecule has 0 bridgehead atoms. The number of rotatable bonds is 10. The number of carbonyl (C=O) groups excluding carboxylic acids is 4. The van der Waals surface area contributed by atoms with Gasteiger partial charge in [-0.25, -0.2) is 10.3 Å². The maximum absolute atomic E-state index is 13.2. The Bertz CT molecular complexity index is 739. The molecule has 2 fully saturated rings. The standard InChI is InChI=1S/C22H38N4O6S2/c1-15(24-20(30)32-21(2,3)4)19(29)26-14-22(33-11-12-34-22)13-16(26)18(28)23-10-8-6-5-7-9-17(27)25-31/h15-16,31H,5-14H2,1-4H3,(H,23,28)(H,24,30)(H,25,27)/t15-,16+/m1/s1. The molecule has 194 valence electrons. The number of alkyl carbamates (subject to hydrolysis) is 1. The second-order valence-corrected chi connectivity index (χ2v) is 12.9. The fraction of sp³-hybridized carbons (Fsp3) is 0.818. The molecule has 34 heavy (non-hydrogen) atoms. The Labute approximate surface area is 210 Å². The second kappa shape index (κ2) is 12.9. The maximum Gasteiger partial charge on any atom is 0.408 e. The summed E-state index contributed by atoms with van der Waals surface area (Å²) >= 11 is 3.59. The molecule has 2 heterocycles. The van der Waals surface area contributed by atoms with Crippen LogP contribution in [0.5, 0.6) is 0 Å². The number of carbonyl (C=O) groups is 4. The van der Waals surface area contributed by atoms with Gasteiger partial charge in [-0.05, 0) is 40.5 Å². The third kappa shape index (κ3) is 8.84. The molecule has 2 aliphatic rings. The third-order valence-electron chi connectivity index (χ3n) is 5.55. The third-order valence-corrected chi connectivity index (χ3v) is 8.98. The quantitative estimate of drug-likeness (QED) is 0.196. The Morgan fingerprint density at radius 3 is 2.38 bits per heavy atom. The molecule has 4 amide bonds. The molecule has 0 saturated carbocycles. The van der Waals surface area contributed by atoms with Crippen molar-refractivity contribution in [1.82, 2.24) is 21.0 Å². The van der Waals surface area contributed by atoms with E-state index in [0.29, 0.717) is 25.9 Å². The summed E-state index contributed by atoms with van der Waals surface area (Å²) in [6.45, 7) is 7.82. The number of hydroxylamine groups is 1. The minimum absolute atomic E-state index is 0.178. The summed E-state index contributed by atoms with van der Waals surface area (Å²) in [4.78, 5) is 51.0. The Kier molecular flexibility index (Phi) is 10.8. The summed E-state index contributed by atoms with van der Waals surface area (Å²) in [5, 5.41) is 14.0. The van der Waals surface area contributed by atoms with Crippen molar-refractivity contribution in [2.45, 2.75) is 88.0 Å². The summed E-state index contributed by atoms with van der Waals surface area (Å²) in [5.74, 6) is 1.11. The van der Waals surface area contributed by atoms with Crippen LogP contribution in [-0.4, -0.2) is 80.3 Å². The van der Waals surface area contributed by atoms with Crippen molar-refractivity contribution < 1.29 is 29.1 Å². The Morgan fingerprint density at radius 2 is 1.76 bits per heavy atom. The first kappa shape index (κ1) is 28.6. The van der Waals surface area contributed by atoms with E-state index in [4.69, 9.17) is 9.94 Å². The van der Waals surface area contributed by atoms with Crippen molar-refractivity contribution in [2.75, 3.05) is 24.6 Å². The summed E-state index contributed by atoms with van der Waals surface area (Å²) in [6, 6.07) is -1.39. The molecule has 2 atom stereocenters. The van der Waals surface area contributed by atoms with Crippen LogP contribution in [0.1, 0.15) is 66.2 Å². The van der Waals surface area contributed by atoms with Gasteiger partial charge in [0.05, 0.1) is 4.08 Å². The van der Waals surface area contributed by atoms with E-state index in [-0.39, 0.29) is 22.3 Å². The van der Waals surface area contributed by atoms with Crippen molar-refractivity contribution >= 4 is 47.3 Å². The number of likely N-dealkylation sites (tertiary alicyclic amines) is 1. The molecular formula is C22H38N4O6S2. The molecule has 12 heteroatoms. The van der Waals surface area contributed by atoms with Crippen molar-refractivity contribution in [3.05, 3.63) is 0 Å². The highest BCUT2D eigenvalue weighted by atomic mass is 32.2. The lowest BCUT2D eigenvalue weighted by molar-refractivity contribution is -0.139. The van der Waals surface area contributed by atoms with E-state index in [1.54, 1.807) is 61.6 Å². The topological polar surface area (TPSA) is 137 Å². The number of ether oxygens (including phenoxy) is 1. The fourth-order valence-corrected chi connectivity index (χ4v) is 7.21. The maximum atomic E-state index is 13.2. The SMILES string of the molecule is C[C@@H](NC(=O)OC(C)(C)C)C(=O)N1CC2(C[C@H]1C(=O)NCCCCCCC(=O)NO)SCCS2. The number of hydrogen-bond acceptors (Lipinski definition) is 8. The Balaban J connectivity index is 1.89. The number of nitrogens with zero attached hydrogens (tertiary/aromatic N) is 1. The lowest BCUT2D eigenvalue weighted by atomic mass is 10.1. The van der Waals surface area contributed by atoms with Gasteiger partial charge in [-0.2, -0.15) is 0 Å². The molecule has 4 N–H and O–H groups in total. The Hall–Kier alpha value is -1.66. The monoisotopic (exact) mass is 518 g/mol. The largest absolute Gasteiger partial charge is 0.444 e. The predicted octanol–water partition coefficient (Wildman–Crippen LogP) is 2.25. The van der Waals surface area contributed by atoms with Gasteiger partial charge in [0.25, 0.3) is 0 Å². The molecule has 0 unspecified atom stereocenters. The van der Waals surface area contributed by atoms with Crippen LogP contribution in [0.15, 0.2) is 0 Å². The number of unbranched alkanes of at least 4 members (excludes halogenated alkanes) is 3. The summed E-state index contributed by atoms with van der Waals surface area (Å²) in [7, 11) is 0. The van der Waals surface area contributed by atoms with Gasteiger partial charge in [0, 0.05) is 37.4 Å². The molecule has 0 aromatic heterocycles. The van der Waals surface area contributed by atoms with Crippen LogP contribution in [0.3, 0.4) is 0 Å². The number of hydrogen-bond donors (Lipinski definition) is 4. The fourth-order valence-electron chi connectivity index (χ4n) is 3.96. The summed E-state index contributed by atoms with van der Waals surface area (Å²) in [5.41, 5.74) is 0.942. The van der Waals surface area contributed by atoms with Crippen molar-refractivity contribution in [3.8, 4) is 0 Å². The first-order valence-corrected chi connectivity index (χ1v) is 13.7. The molecule has 1 spiro atoms. The van der Waals surface area contributed by atoms with Crippen molar-refractivity contribution in [1.29, 1.82) is 0 Å². The normalized spacial score (nSPS) is 20.1. The highest BCUT2D eigenvalue weighted by Gasteiger charge is 2.51. The van der Waals surface area contributed by atoms with E-state index in [0.717, 1.165) is 30.8 Å². The minimum atomic E-state index is -0.812. The highest BCUT2D eigenvalue weighted by Crippen LogP contribution is 2.51. The van der Waals surface area contributed by atoms with Gasteiger partial charge < -0.3 is 20.3 Å². The van der Waals surface area contributed by atoms with E-state index >= 15 is 0 Å². The van der Waals surface area contributed by atoms with Crippen molar-refractivity contribution in [2.24, 2.45) is 0 Å². The van der Waals surface area contributed by atoms with Crippen LogP contribution < -0.4 is 16.1 Å². The van der Waals surface area contributed by atoms with E-state index in [1.165, 1.54) is 0 Å². The number of thioether (sulfide) groups is 2. The van der Waals surface area contributed by atoms with Gasteiger partial charge in [-0.3, -0.25) is 19.6 Å². The molecule has 10 nitrogen and oxygen atoms in total. The zero-order valence-electron chi connectivity index (χ0n) is 20.5. The zero-order valence-corrected chi connectivity index (χ0v) is 22.1. The minimum Gasteiger partial charge on any atom is -0.444 e. The molecule has 2 saturated heterocycles. The first-order chi connectivity index (χ1) is 16.0. The molecule has 2 rings (SSSR count). The van der Waals surface area contributed by atoms with Crippen LogP contribution in [0.4, 0.5) is 4.79 Å². The molecule has 0 radical (unpaired) electrons. The smallest absolute Gasteiger partial charge is 0.408 e. The van der Waals surface area contributed by atoms with Gasteiger partial charge in [0.15, 0.2) is 0 Å². The Morgan fingerprint density at radius 1 is 1.12 bits per heavy atom. The lowest BCUT2D eigenvalue weighted by Crippen LogP contribution is -2.53. The van der Waals surface area contributed by atoms with E-state index in [2.05, 4.69) is 10.6 Å². The summed E-state index contributed by atoms with van der Waals surface area (Å²) < 4.78 is 5.07. The highest BCUT2D eigenvalue weighted by molar-refractivity contribution is 8.21. The molecule has 0 aromatic carbocycles. The van der Waals surface area contributed by atoms with E-state index in [9.17, 15) is 19.2 Å². The predicted molar refractivity (Wildman–Crippen MR) is 133 cm³/mol. The average Bonchev–Trinajstić information content (AvgIpc) is 3.37. The zero-order chi connectivity index (χ0) is 25.4. The lowest BCUT2D eigenvalue weighted by Gasteiger charge is -2.28. The van der Waals surface area contributed by atoms with Crippen LogP contribution in [0.2, 0.25) is 0 Å². The molecular weight excluding hydrogens is 480 g/mol. The second-order valence-electron chi connectivity index (χ2n) is 9.65. The number of nitrogens with one attached hydrogen (secondary N) is 3. The average molecular weight is 519 g/mol. The van der Waals surface area contributed by atoms with E-state index < -0.39 is 29.7 Å². The van der Waals surface area contributed by atoms with Crippen LogP contribution in [0.25, 0.3) is 0 Å². The van der Waals surface area contributed by atoms with Crippen LogP contribution >= 0.6 is 23.5 Å².